The first-order valence-electron chi connectivity index (χ1n) is 8.69. The summed E-state index contributed by atoms with van der Waals surface area (Å²) in [6.45, 7) is 0.291. The largest absolute Gasteiger partial charge is 0.489 e. The van der Waals surface area contributed by atoms with Gasteiger partial charge in [0.15, 0.2) is 5.17 Å². The quantitative estimate of drug-likeness (QED) is 0.350. The molecule has 28 heavy (non-hydrogen) atoms. The van der Waals surface area contributed by atoms with Crippen molar-refractivity contribution < 1.29 is 9.13 Å². The molecule has 3 rings (SSSR count). The first-order chi connectivity index (χ1) is 13.7. The number of ether oxygens (including phenoxy) is 1. The van der Waals surface area contributed by atoms with Crippen LogP contribution in [-0.4, -0.2) is 11.4 Å². The summed E-state index contributed by atoms with van der Waals surface area (Å²) in [6.07, 6.45) is 1.62. The minimum Gasteiger partial charge on any atom is -0.489 e. The van der Waals surface area contributed by atoms with E-state index in [1.165, 1.54) is 29.5 Å². The molecule has 2 N–H and O–H groups in total. The van der Waals surface area contributed by atoms with E-state index in [0.29, 0.717) is 17.5 Å². The van der Waals surface area contributed by atoms with E-state index in [9.17, 15) is 4.39 Å². The van der Waals surface area contributed by atoms with Gasteiger partial charge in [-0.25, -0.2) is 4.39 Å². The Morgan fingerprint density at radius 1 is 0.964 bits per heavy atom. The Morgan fingerprint density at radius 3 is 2.57 bits per heavy atom. The highest BCUT2D eigenvalue weighted by molar-refractivity contribution is 8.13. The fourth-order valence-electron chi connectivity index (χ4n) is 2.39. The van der Waals surface area contributed by atoms with Gasteiger partial charge in [-0.1, -0.05) is 66.4 Å². The molecular weight excluding hydrogens is 373 g/mol. The van der Waals surface area contributed by atoms with Gasteiger partial charge in [-0.05, 0) is 41.0 Å². The molecule has 4 nitrogen and oxygen atoms in total. The summed E-state index contributed by atoms with van der Waals surface area (Å²) in [7, 11) is 0. The number of amidine groups is 1. The maximum Gasteiger partial charge on any atom is 0.180 e. The van der Waals surface area contributed by atoms with Gasteiger partial charge in [0, 0.05) is 5.75 Å². The molecule has 0 bridgehead atoms. The smallest absolute Gasteiger partial charge is 0.180 e. The Hall–Kier alpha value is -3.12. The minimum absolute atomic E-state index is 0.275. The van der Waals surface area contributed by atoms with Gasteiger partial charge in [0.1, 0.15) is 18.2 Å². The number of hydrogen-bond acceptors (Lipinski definition) is 4. The highest BCUT2D eigenvalue weighted by Crippen LogP contribution is 2.15. The average Bonchev–Trinajstić information content (AvgIpc) is 2.72. The Kier molecular flexibility index (Phi) is 7.21. The SMILES string of the molecule is NC(=NN=Cc1cccc(OCc2cccc(F)c2)c1)SCc1ccccc1. The van der Waals surface area contributed by atoms with Crippen molar-refractivity contribution >= 4 is 23.1 Å². The standard InChI is InChI=1S/C22H20FN3OS/c23-20-10-4-9-19(12-20)15-27-21-11-5-8-18(13-21)14-25-26-22(24)28-16-17-6-2-1-3-7-17/h1-14H,15-16H2,(H2,24,26). The minimum atomic E-state index is -0.275. The van der Waals surface area contributed by atoms with E-state index in [4.69, 9.17) is 10.5 Å². The van der Waals surface area contributed by atoms with Crippen molar-refractivity contribution in [1.29, 1.82) is 0 Å². The molecule has 0 aromatic heterocycles. The highest BCUT2D eigenvalue weighted by Gasteiger charge is 1.99. The summed E-state index contributed by atoms with van der Waals surface area (Å²) < 4.78 is 18.9. The van der Waals surface area contributed by atoms with Crippen LogP contribution >= 0.6 is 11.8 Å². The van der Waals surface area contributed by atoms with Crippen molar-refractivity contribution in [3.05, 3.63) is 101 Å². The molecule has 6 heteroatoms. The Morgan fingerprint density at radius 2 is 1.75 bits per heavy atom. The predicted octanol–water partition coefficient (Wildman–Crippen LogP) is 4.99. The van der Waals surface area contributed by atoms with Crippen molar-refractivity contribution in [2.75, 3.05) is 0 Å². The summed E-state index contributed by atoms with van der Waals surface area (Å²) in [5, 5.41) is 8.45. The van der Waals surface area contributed by atoms with Crippen LogP contribution in [0.15, 0.2) is 89.1 Å². The normalized spacial score (nSPS) is 11.7. The second kappa shape index (κ2) is 10.3. The lowest BCUT2D eigenvalue weighted by atomic mass is 10.2. The zero-order chi connectivity index (χ0) is 19.6. The molecule has 0 amide bonds. The maximum atomic E-state index is 13.2. The number of halogens is 1. The zero-order valence-electron chi connectivity index (χ0n) is 15.2. The molecule has 0 spiro atoms. The van der Waals surface area contributed by atoms with E-state index in [-0.39, 0.29) is 5.82 Å². The monoisotopic (exact) mass is 393 g/mol. The van der Waals surface area contributed by atoms with E-state index >= 15 is 0 Å². The van der Waals surface area contributed by atoms with Gasteiger partial charge >= 0.3 is 0 Å². The molecule has 3 aromatic carbocycles. The summed E-state index contributed by atoms with van der Waals surface area (Å²) in [5.41, 5.74) is 8.67. The van der Waals surface area contributed by atoms with Gasteiger partial charge in [0.25, 0.3) is 0 Å². The number of thioether (sulfide) groups is 1. The van der Waals surface area contributed by atoms with Gasteiger partial charge in [-0.15, -0.1) is 5.10 Å². The lowest BCUT2D eigenvalue weighted by molar-refractivity contribution is 0.305. The van der Waals surface area contributed by atoms with E-state index in [0.717, 1.165) is 16.9 Å². The topological polar surface area (TPSA) is 60.0 Å². The van der Waals surface area contributed by atoms with Crippen LogP contribution in [0.4, 0.5) is 4.39 Å². The van der Waals surface area contributed by atoms with Crippen molar-refractivity contribution in [3.63, 3.8) is 0 Å². The van der Waals surface area contributed by atoms with Crippen LogP contribution in [0.3, 0.4) is 0 Å². The lowest BCUT2D eigenvalue weighted by Crippen LogP contribution is -2.06. The van der Waals surface area contributed by atoms with Crippen molar-refractivity contribution in [2.24, 2.45) is 15.9 Å². The summed E-state index contributed by atoms with van der Waals surface area (Å²) in [6, 6.07) is 23.8. The van der Waals surface area contributed by atoms with Crippen LogP contribution in [0.25, 0.3) is 0 Å². The molecule has 0 aliphatic heterocycles. The molecule has 0 fully saturated rings. The molecule has 0 atom stereocenters. The number of nitrogens with zero attached hydrogens (tertiary/aromatic N) is 2. The molecule has 0 aliphatic carbocycles. The molecule has 0 saturated carbocycles. The van der Waals surface area contributed by atoms with Gasteiger partial charge in [0.05, 0.1) is 6.21 Å². The van der Waals surface area contributed by atoms with Crippen molar-refractivity contribution in [1.82, 2.24) is 0 Å². The van der Waals surface area contributed by atoms with Gasteiger partial charge in [-0.2, -0.15) is 5.10 Å². The van der Waals surface area contributed by atoms with Gasteiger partial charge < -0.3 is 10.5 Å². The van der Waals surface area contributed by atoms with Crippen LogP contribution in [0.1, 0.15) is 16.7 Å². The molecule has 0 radical (unpaired) electrons. The Balaban J connectivity index is 1.53. The Bertz CT molecular complexity index is 961. The second-order valence-corrected chi connectivity index (χ2v) is 6.94. The zero-order valence-corrected chi connectivity index (χ0v) is 16.0. The molecule has 142 valence electrons. The average molecular weight is 393 g/mol. The fraction of sp³-hybridized carbons (Fsp3) is 0.0909. The third-order valence-corrected chi connectivity index (χ3v) is 4.60. The predicted molar refractivity (Wildman–Crippen MR) is 114 cm³/mol. The Labute approximate surface area is 168 Å². The number of hydrogen-bond donors (Lipinski definition) is 1. The van der Waals surface area contributed by atoms with Crippen molar-refractivity contribution in [3.8, 4) is 5.75 Å². The molecular formula is C22H20FN3OS. The first-order valence-corrected chi connectivity index (χ1v) is 9.68. The van der Waals surface area contributed by atoms with Gasteiger partial charge in [-0.3, -0.25) is 0 Å². The van der Waals surface area contributed by atoms with E-state index < -0.39 is 0 Å². The first kappa shape index (κ1) is 19.6. The van der Waals surface area contributed by atoms with Crippen LogP contribution in [0.2, 0.25) is 0 Å². The molecule has 0 unspecified atom stereocenters. The summed E-state index contributed by atoms with van der Waals surface area (Å²) in [4.78, 5) is 0. The van der Waals surface area contributed by atoms with Crippen LogP contribution in [-0.2, 0) is 12.4 Å². The molecule has 0 aliphatic rings. The fourth-order valence-corrected chi connectivity index (χ4v) is 3.00. The maximum absolute atomic E-state index is 13.2. The van der Waals surface area contributed by atoms with Crippen LogP contribution in [0.5, 0.6) is 5.75 Å². The van der Waals surface area contributed by atoms with E-state index in [1.807, 2.05) is 60.7 Å². The number of rotatable bonds is 7. The molecule has 3 aromatic rings. The lowest BCUT2D eigenvalue weighted by Gasteiger charge is -2.07. The van der Waals surface area contributed by atoms with Crippen LogP contribution in [0, 0.1) is 5.82 Å². The second-order valence-electron chi connectivity index (χ2n) is 5.95. The van der Waals surface area contributed by atoms with E-state index in [2.05, 4.69) is 10.2 Å². The van der Waals surface area contributed by atoms with Crippen molar-refractivity contribution in [2.45, 2.75) is 12.4 Å². The summed E-state index contributed by atoms with van der Waals surface area (Å²) >= 11 is 1.43. The number of benzene rings is 3. The highest BCUT2D eigenvalue weighted by atomic mass is 32.2. The molecule has 0 heterocycles. The molecule has 0 saturated heterocycles. The summed E-state index contributed by atoms with van der Waals surface area (Å²) in [5.74, 6) is 1.14. The third-order valence-electron chi connectivity index (χ3n) is 3.75. The third kappa shape index (κ3) is 6.55. The number of nitrogens with two attached hydrogens (primary N) is 1. The van der Waals surface area contributed by atoms with Crippen LogP contribution < -0.4 is 10.5 Å². The van der Waals surface area contributed by atoms with E-state index in [1.54, 1.807) is 12.3 Å². The van der Waals surface area contributed by atoms with Gasteiger partial charge in [0.2, 0.25) is 0 Å².